The largest absolute Gasteiger partial charge is 0.370 e. The van der Waals surface area contributed by atoms with Gasteiger partial charge < -0.3 is 10.2 Å². The highest BCUT2D eigenvalue weighted by Crippen LogP contribution is 2.13. The standard InChI is InChI=1S/C17H24N2S/c1-2-3-12-19(16-8-5-4-6-9-16)13-11-18-15-17-10-7-14-20-17/h4-10,14,18H,2-3,11-13,15H2,1H3. The Hall–Kier alpha value is -1.32. The molecule has 2 aromatic rings. The van der Waals surface area contributed by atoms with Crippen LogP contribution in [-0.4, -0.2) is 19.6 Å². The molecule has 0 aliphatic rings. The first kappa shape index (κ1) is 15.1. The zero-order valence-electron chi connectivity index (χ0n) is 12.2. The summed E-state index contributed by atoms with van der Waals surface area (Å²) in [6, 6.07) is 15.0. The van der Waals surface area contributed by atoms with E-state index in [1.165, 1.54) is 23.4 Å². The fourth-order valence-corrected chi connectivity index (χ4v) is 2.87. The topological polar surface area (TPSA) is 15.3 Å². The van der Waals surface area contributed by atoms with Crippen LogP contribution in [0.1, 0.15) is 24.6 Å². The first-order chi connectivity index (χ1) is 9.90. The van der Waals surface area contributed by atoms with E-state index in [0.29, 0.717) is 0 Å². The summed E-state index contributed by atoms with van der Waals surface area (Å²) in [6.07, 6.45) is 2.49. The van der Waals surface area contributed by atoms with Gasteiger partial charge in [0, 0.05) is 36.7 Å². The minimum Gasteiger partial charge on any atom is -0.370 e. The molecule has 0 atom stereocenters. The molecule has 0 fully saturated rings. The molecule has 0 aliphatic carbocycles. The maximum atomic E-state index is 3.53. The Morgan fingerprint density at radius 1 is 1.05 bits per heavy atom. The number of benzene rings is 1. The number of anilines is 1. The van der Waals surface area contributed by atoms with Crippen molar-refractivity contribution in [2.45, 2.75) is 26.3 Å². The fraction of sp³-hybridized carbons (Fsp3) is 0.412. The first-order valence-corrected chi connectivity index (χ1v) is 8.31. The van der Waals surface area contributed by atoms with Gasteiger partial charge in [-0.3, -0.25) is 0 Å². The molecule has 20 heavy (non-hydrogen) atoms. The van der Waals surface area contributed by atoms with Crippen molar-refractivity contribution in [2.24, 2.45) is 0 Å². The van der Waals surface area contributed by atoms with E-state index >= 15 is 0 Å². The lowest BCUT2D eigenvalue weighted by molar-refractivity contribution is 0.646. The van der Waals surface area contributed by atoms with Gasteiger partial charge in [-0.2, -0.15) is 0 Å². The van der Waals surface area contributed by atoms with E-state index < -0.39 is 0 Å². The van der Waals surface area contributed by atoms with Crippen molar-refractivity contribution in [3.63, 3.8) is 0 Å². The Kier molecular flexibility index (Phi) is 6.61. The van der Waals surface area contributed by atoms with Gasteiger partial charge in [0.25, 0.3) is 0 Å². The Bertz CT molecular complexity index is 453. The van der Waals surface area contributed by atoms with Crippen LogP contribution in [0, 0.1) is 0 Å². The van der Waals surface area contributed by atoms with Gasteiger partial charge in [0.1, 0.15) is 0 Å². The van der Waals surface area contributed by atoms with Crippen LogP contribution >= 0.6 is 11.3 Å². The van der Waals surface area contributed by atoms with E-state index in [9.17, 15) is 0 Å². The molecule has 2 rings (SSSR count). The molecule has 1 aromatic carbocycles. The third kappa shape index (κ3) is 4.99. The van der Waals surface area contributed by atoms with Crippen LogP contribution in [0.4, 0.5) is 5.69 Å². The van der Waals surface area contributed by atoms with E-state index in [1.807, 2.05) is 11.3 Å². The Labute approximate surface area is 126 Å². The number of unbranched alkanes of at least 4 members (excludes halogenated alkanes) is 1. The molecule has 0 saturated carbocycles. The van der Waals surface area contributed by atoms with Crippen LogP contribution < -0.4 is 10.2 Å². The van der Waals surface area contributed by atoms with Crippen LogP contribution in [0.5, 0.6) is 0 Å². The van der Waals surface area contributed by atoms with Gasteiger partial charge in [-0.05, 0) is 30.0 Å². The highest BCUT2D eigenvalue weighted by Gasteiger charge is 2.04. The Balaban J connectivity index is 1.78. The van der Waals surface area contributed by atoms with E-state index in [0.717, 1.165) is 26.2 Å². The zero-order chi connectivity index (χ0) is 14.0. The molecule has 2 nitrogen and oxygen atoms in total. The van der Waals surface area contributed by atoms with Crippen LogP contribution in [0.25, 0.3) is 0 Å². The van der Waals surface area contributed by atoms with Crippen molar-refractivity contribution >= 4 is 17.0 Å². The molecule has 0 aliphatic heterocycles. The van der Waals surface area contributed by atoms with Gasteiger partial charge in [0.2, 0.25) is 0 Å². The predicted octanol–water partition coefficient (Wildman–Crippen LogP) is 4.14. The Morgan fingerprint density at radius 2 is 1.90 bits per heavy atom. The normalized spacial score (nSPS) is 10.7. The fourth-order valence-electron chi connectivity index (χ4n) is 2.20. The molecular formula is C17H24N2S. The van der Waals surface area contributed by atoms with Crippen LogP contribution in [0.2, 0.25) is 0 Å². The SMILES string of the molecule is CCCCN(CCNCc1cccs1)c1ccccc1. The minimum absolute atomic E-state index is 0.980. The number of thiophene rings is 1. The molecule has 0 spiro atoms. The minimum atomic E-state index is 0.980. The number of nitrogens with one attached hydrogen (secondary N) is 1. The van der Waals surface area contributed by atoms with E-state index in [2.05, 4.69) is 65.0 Å². The maximum absolute atomic E-state index is 3.53. The molecule has 0 radical (unpaired) electrons. The average Bonchev–Trinajstić information content (AvgIpc) is 3.01. The Morgan fingerprint density at radius 3 is 2.60 bits per heavy atom. The smallest absolute Gasteiger partial charge is 0.0366 e. The number of hydrogen-bond donors (Lipinski definition) is 1. The molecular weight excluding hydrogens is 264 g/mol. The maximum Gasteiger partial charge on any atom is 0.0366 e. The van der Waals surface area contributed by atoms with Gasteiger partial charge in [-0.25, -0.2) is 0 Å². The second kappa shape index (κ2) is 8.77. The van der Waals surface area contributed by atoms with Gasteiger partial charge in [-0.1, -0.05) is 37.6 Å². The quantitative estimate of drug-likeness (QED) is 0.698. The molecule has 1 heterocycles. The van der Waals surface area contributed by atoms with Crippen molar-refractivity contribution in [2.75, 3.05) is 24.5 Å². The monoisotopic (exact) mass is 288 g/mol. The lowest BCUT2D eigenvalue weighted by atomic mass is 10.2. The summed E-state index contributed by atoms with van der Waals surface area (Å²) < 4.78 is 0. The van der Waals surface area contributed by atoms with Gasteiger partial charge in [0.05, 0.1) is 0 Å². The molecule has 108 valence electrons. The highest BCUT2D eigenvalue weighted by molar-refractivity contribution is 7.09. The number of rotatable bonds is 9. The molecule has 0 bridgehead atoms. The predicted molar refractivity (Wildman–Crippen MR) is 89.6 cm³/mol. The lowest BCUT2D eigenvalue weighted by Gasteiger charge is -2.25. The number of para-hydroxylation sites is 1. The zero-order valence-corrected chi connectivity index (χ0v) is 13.0. The van der Waals surface area contributed by atoms with E-state index in [4.69, 9.17) is 0 Å². The third-order valence-corrected chi connectivity index (χ3v) is 4.22. The van der Waals surface area contributed by atoms with E-state index in [1.54, 1.807) is 0 Å². The van der Waals surface area contributed by atoms with Crippen molar-refractivity contribution in [3.8, 4) is 0 Å². The second-order valence-electron chi connectivity index (χ2n) is 4.93. The molecule has 1 aromatic heterocycles. The molecule has 0 unspecified atom stereocenters. The van der Waals surface area contributed by atoms with Gasteiger partial charge in [-0.15, -0.1) is 11.3 Å². The van der Waals surface area contributed by atoms with Gasteiger partial charge in [0.15, 0.2) is 0 Å². The van der Waals surface area contributed by atoms with E-state index in [-0.39, 0.29) is 0 Å². The highest BCUT2D eigenvalue weighted by atomic mass is 32.1. The first-order valence-electron chi connectivity index (χ1n) is 7.43. The molecule has 0 saturated heterocycles. The summed E-state index contributed by atoms with van der Waals surface area (Å²) in [6.45, 7) is 6.46. The summed E-state index contributed by atoms with van der Waals surface area (Å²) in [5.41, 5.74) is 1.33. The number of nitrogens with zero attached hydrogens (tertiary/aromatic N) is 1. The summed E-state index contributed by atoms with van der Waals surface area (Å²) >= 11 is 1.82. The van der Waals surface area contributed by atoms with Crippen LogP contribution in [-0.2, 0) is 6.54 Å². The molecule has 3 heteroatoms. The summed E-state index contributed by atoms with van der Waals surface area (Å²) in [7, 11) is 0. The molecule has 0 amide bonds. The van der Waals surface area contributed by atoms with Crippen LogP contribution in [0.3, 0.4) is 0 Å². The van der Waals surface area contributed by atoms with Crippen molar-refractivity contribution in [1.29, 1.82) is 0 Å². The lowest BCUT2D eigenvalue weighted by Crippen LogP contribution is -2.32. The summed E-state index contributed by atoms with van der Waals surface area (Å²) in [5, 5.41) is 5.67. The average molecular weight is 288 g/mol. The van der Waals surface area contributed by atoms with Crippen LogP contribution in [0.15, 0.2) is 47.8 Å². The van der Waals surface area contributed by atoms with Crippen molar-refractivity contribution < 1.29 is 0 Å². The summed E-state index contributed by atoms with van der Waals surface area (Å²) in [5.74, 6) is 0. The second-order valence-corrected chi connectivity index (χ2v) is 5.96. The van der Waals surface area contributed by atoms with Crippen molar-refractivity contribution in [3.05, 3.63) is 52.7 Å². The number of hydrogen-bond acceptors (Lipinski definition) is 3. The summed E-state index contributed by atoms with van der Waals surface area (Å²) in [4.78, 5) is 3.88. The van der Waals surface area contributed by atoms with Crippen molar-refractivity contribution in [1.82, 2.24) is 5.32 Å². The molecule has 1 N–H and O–H groups in total. The third-order valence-electron chi connectivity index (χ3n) is 3.34. The van der Waals surface area contributed by atoms with Gasteiger partial charge >= 0.3 is 0 Å².